The number of ether oxygens (including phenoxy) is 3. The second-order valence-electron chi connectivity index (χ2n) is 12.3. The van der Waals surface area contributed by atoms with Gasteiger partial charge in [-0.3, -0.25) is 9.69 Å². The van der Waals surface area contributed by atoms with Crippen LogP contribution in [0.25, 0.3) is 11.1 Å². The predicted molar refractivity (Wildman–Crippen MR) is 162 cm³/mol. The molecule has 7 nitrogen and oxygen atoms in total. The topological polar surface area (TPSA) is 81.1 Å². The van der Waals surface area contributed by atoms with E-state index in [9.17, 15) is 9.90 Å². The van der Waals surface area contributed by atoms with Crippen LogP contribution in [0.15, 0.2) is 48.7 Å². The number of aliphatic carboxylic acids is 1. The molecule has 1 unspecified atom stereocenters. The standard InChI is InChI=1S/C35H41FN2O5/c1-21(35(39)40)34(23-7-8-23)25-9-6-22-11-13-31(43-32(22)16-25)24-10-12-28(29-17-33(42-3)37-18-30(29)36)26(15-24)19-38-14-4-5-27(38)20-41-2/h6,9-10,12,15-18,21,23,27,31,34H,4-5,7-8,11,13-14,19-20H2,1-3H3,(H,39,40)/t21-,27+,31-,34?/m0/s1. The number of methoxy groups -OCH3 is 2. The summed E-state index contributed by atoms with van der Waals surface area (Å²) in [6, 6.07) is 14.5. The molecule has 3 aliphatic rings. The van der Waals surface area contributed by atoms with Crippen molar-refractivity contribution >= 4 is 5.97 Å². The normalized spacial score (nSPS) is 21.6. The Hall–Kier alpha value is -3.49. The number of benzene rings is 2. The van der Waals surface area contributed by atoms with Gasteiger partial charge in [0.1, 0.15) is 17.7 Å². The summed E-state index contributed by atoms with van der Waals surface area (Å²) in [5.41, 5.74) is 5.57. The summed E-state index contributed by atoms with van der Waals surface area (Å²) in [7, 11) is 3.27. The second kappa shape index (κ2) is 12.6. The average molecular weight is 589 g/mol. The van der Waals surface area contributed by atoms with Crippen molar-refractivity contribution in [1.82, 2.24) is 9.88 Å². The third-order valence-electron chi connectivity index (χ3n) is 9.54. The molecule has 1 N–H and O–H groups in total. The first kappa shape index (κ1) is 29.6. The van der Waals surface area contributed by atoms with E-state index in [2.05, 4.69) is 34.1 Å². The number of halogens is 1. The van der Waals surface area contributed by atoms with E-state index in [4.69, 9.17) is 14.2 Å². The molecule has 1 aliphatic carbocycles. The van der Waals surface area contributed by atoms with Crippen molar-refractivity contribution in [2.75, 3.05) is 27.4 Å². The number of fused-ring (bicyclic) bond motifs is 1. The number of hydrogen-bond donors (Lipinski definition) is 1. The summed E-state index contributed by atoms with van der Waals surface area (Å²) in [4.78, 5) is 18.4. The fraction of sp³-hybridized carbons (Fsp3) is 0.486. The van der Waals surface area contributed by atoms with E-state index in [0.29, 0.717) is 36.6 Å². The van der Waals surface area contributed by atoms with E-state index in [1.54, 1.807) is 13.2 Å². The lowest BCUT2D eigenvalue weighted by Gasteiger charge is -2.30. The molecule has 4 atom stereocenters. The van der Waals surface area contributed by atoms with Gasteiger partial charge in [0.25, 0.3) is 0 Å². The molecule has 0 radical (unpaired) electrons. The largest absolute Gasteiger partial charge is 0.485 e. The van der Waals surface area contributed by atoms with Gasteiger partial charge in [-0.05, 0) is 90.8 Å². The molecule has 6 rings (SSSR count). The number of likely N-dealkylation sites (tertiary alicyclic amines) is 1. The zero-order chi connectivity index (χ0) is 30.1. The van der Waals surface area contributed by atoms with Gasteiger partial charge < -0.3 is 19.3 Å². The molecule has 0 spiro atoms. The Morgan fingerprint density at radius 2 is 1.95 bits per heavy atom. The summed E-state index contributed by atoms with van der Waals surface area (Å²) in [5.74, 6) is 0.0289. The molecule has 228 valence electrons. The lowest BCUT2D eigenvalue weighted by atomic mass is 9.82. The van der Waals surface area contributed by atoms with Gasteiger partial charge in [0.15, 0.2) is 0 Å². The number of carbonyl (C=O) groups is 1. The number of aromatic nitrogens is 1. The van der Waals surface area contributed by atoms with Crippen LogP contribution in [-0.2, 0) is 22.5 Å². The lowest BCUT2D eigenvalue weighted by Crippen LogP contribution is -2.32. The van der Waals surface area contributed by atoms with Gasteiger partial charge in [0.05, 0.1) is 25.8 Å². The number of pyridine rings is 1. The summed E-state index contributed by atoms with van der Waals surface area (Å²) >= 11 is 0. The minimum absolute atomic E-state index is 0.00887. The van der Waals surface area contributed by atoms with Crippen molar-refractivity contribution in [2.24, 2.45) is 11.8 Å². The van der Waals surface area contributed by atoms with Gasteiger partial charge in [0, 0.05) is 31.3 Å². The number of aryl methyl sites for hydroxylation is 1. The molecule has 1 saturated heterocycles. The smallest absolute Gasteiger partial charge is 0.306 e. The maximum Gasteiger partial charge on any atom is 0.306 e. The second-order valence-corrected chi connectivity index (χ2v) is 12.3. The van der Waals surface area contributed by atoms with Crippen LogP contribution in [0.5, 0.6) is 11.6 Å². The number of nitrogens with zero attached hydrogens (tertiary/aromatic N) is 2. The van der Waals surface area contributed by atoms with E-state index >= 15 is 4.39 Å². The van der Waals surface area contributed by atoms with Crippen LogP contribution in [0.3, 0.4) is 0 Å². The molecule has 2 aromatic carbocycles. The highest BCUT2D eigenvalue weighted by Crippen LogP contribution is 2.48. The maximum absolute atomic E-state index is 15.2. The molecule has 3 heterocycles. The maximum atomic E-state index is 15.2. The Bertz CT molecular complexity index is 1470. The quantitative estimate of drug-likeness (QED) is 0.264. The molecule has 43 heavy (non-hydrogen) atoms. The minimum Gasteiger partial charge on any atom is -0.485 e. The first-order valence-corrected chi connectivity index (χ1v) is 15.4. The molecule has 3 aromatic rings. The molecule has 1 aromatic heterocycles. The first-order valence-electron chi connectivity index (χ1n) is 15.4. The Morgan fingerprint density at radius 1 is 1.12 bits per heavy atom. The molecule has 1 saturated carbocycles. The molecular weight excluding hydrogens is 547 g/mol. The highest BCUT2D eigenvalue weighted by Gasteiger charge is 2.39. The summed E-state index contributed by atoms with van der Waals surface area (Å²) in [6.45, 7) is 4.12. The van der Waals surface area contributed by atoms with Crippen LogP contribution >= 0.6 is 0 Å². The van der Waals surface area contributed by atoms with Crippen LogP contribution in [0.1, 0.15) is 73.3 Å². The zero-order valence-electron chi connectivity index (χ0n) is 25.2. The summed E-state index contributed by atoms with van der Waals surface area (Å²) < 4.78 is 32.6. The van der Waals surface area contributed by atoms with Crippen LogP contribution in [0.2, 0.25) is 0 Å². The van der Waals surface area contributed by atoms with E-state index in [1.807, 2.05) is 19.1 Å². The van der Waals surface area contributed by atoms with Gasteiger partial charge in [-0.2, -0.15) is 0 Å². The Labute approximate surface area is 253 Å². The van der Waals surface area contributed by atoms with E-state index in [-0.39, 0.29) is 17.8 Å². The third-order valence-corrected chi connectivity index (χ3v) is 9.54. The van der Waals surface area contributed by atoms with Crippen molar-refractivity contribution in [2.45, 2.75) is 70.1 Å². The van der Waals surface area contributed by atoms with Crippen LogP contribution < -0.4 is 9.47 Å². The van der Waals surface area contributed by atoms with Gasteiger partial charge in [0.2, 0.25) is 5.88 Å². The molecule has 0 bridgehead atoms. The highest BCUT2D eigenvalue weighted by atomic mass is 19.1. The van der Waals surface area contributed by atoms with Crippen molar-refractivity contribution in [1.29, 1.82) is 0 Å². The molecule has 2 aliphatic heterocycles. The van der Waals surface area contributed by atoms with Gasteiger partial charge in [-0.25, -0.2) is 9.37 Å². The van der Waals surface area contributed by atoms with Gasteiger partial charge >= 0.3 is 5.97 Å². The van der Waals surface area contributed by atoms with Gasteiger partial charge in [-0.1, -0.05) is 37.3 Å². The van der Waals surface area contributed by atoms with Crippen molar-refractivity contribution < 1.29 is 28.5 Å². The van der Waals surface area contributed by atoms with Crippen LogP contribution in [-0.4, -0.2) is 54.4 Å². The summed E-state index contributed by atoms with van der Waals surface area (Å²) in [5, 5.41) is 9.77. The molecule has 2 fully saturated rings. The number of carboxylic acid groups (broad SMARTS) is 1. The Kier molecular flexibility index (Phi) is 8.68. The lowest BCUT2D eigenvalue weighted by molar-refractivity contribution is -0.142. The molecular formula is C35H41FN2O5. The fourth-order valence-electron chi connectivity index (χ4n) is 7.05. The number of carboxylic acids is 1. The highest BCUT2D eigenvalue weighted by molar-refractivity contribution is 5.71. The SMILES string of the molecule is COC[C@H]1CCCN1Cc1cc([C@@H]2CCc3ccc(C(C4CC4)[C@H](C)C(=O)O)cc3O2)ccc1-c1cc(OC)ncc1F. The molecule has 0 amide bonds. The van der Waals surface area contributed by atoms with E-state index in [1.165, 1.54) is 13.3 Å². The Balaban J connectivity index is 1.32. The zero-order valence-corrected chi connectivity index (χ0v) is 25.2. The van der Waals surface area contributed by atoms with Crippen molar-refractivity contribution in [3.8, 4) is 22.8 Å². The van der Waals surface area contributed by atoms with E-state index in [0.717, 1.165) is 78.6 Å². The monoisotopic (exact) mass is 588 g/mol. The van der Waals surface area contributed by atoms with Crippen LogP contribution in [0.4, 0.5) is 4.39 Å². The van der Waals surface area contributed by atoms with Crippen molar-refractivity contribution in [3.05, 3.63) is 76.7 Å². The first-order chi connectivity index (χ1) is 20.9. The Morgan fingerprint density at radius 3 is 2.70 bits per heavy atom. The average Bonchev–Trinajstić information content (AvgIpc) is 3.76. The van der Waals surface area contributed by atoms with Crippen LogP contribution in [0, 0.1) is 17.7 Å². The number of rotatable bonds is 11. The van der Waals surface area contributed by atoms with Gasteiger partial charge in [-0.15, -0.1) is 0 Å². The van der Waals surface area contributed by atoms with Crippen molar-refractivity contribution in [3.63, 3.8) is 0 Å². The minimum atomic E-state index is -0.755. The summed E-state index contributed by atoms with van der Waals surface area (Å²) in [6.07, 6.45) is 7.09. The predicted octanol–water partition coefficient (Wildman–Crippen LogP) is 6.79. The number of hydrogen-bond acceptors (Lipinski definition) is 6. The molecule has 8 heteroatoms. The van der Waals surface area contributed by atoms with E-state index < -0.39 is 11.9 Å². The third kappa shape index (κ3) is 6.27. The fourth-order valence-corrected chi connectivity index (χ4v) is 7.05.